The normalized spacial score (nSPS) is 17.0. The fraction of sp³-hybridized carbons (Fsp3) is 0.625. The summed E-state index contributed by atoms with van der Waals surface area (Å²) in [6, 6.07) is 6.40. The van der Waals surface area contributed by atoms with E-state index in [2.05, 4.69) is 35.8 Å². The van der Waals surface area contributed by atoms with E-state index in [-0.39, 0.29) is 0 Å². The maximum atomic E-state index is 5.29. The number of ether oxygens (including phenoxy) is 1. The molecule has 0 aliphatic heterocycles. The fourth-order valence-electron chi connectivity index (χ4n) is 2.99. The molecule has 1 aliphatic carbocycles. The Labute approximate surface area is 116 Å². The van der Waals surface area contributed by atoms with E-state index in [0.717, 1.165) is 25.4 Å². The molecule has 0 aromatic heterocycles. The second kappa shape index (κ2) is 6.40. The van der Waals surface area contributed by atoms with Crippen molar-refractivity contribution in [2.24, 2.45) is 5.41 Å². The number of benzene rings is 1. The Hall–Kier alpha value is -1.06. The minimum Gasteiger partial charge on any atom is -0.496 e. The molecule has 0 heterocycles. The first-order chi connectivity index (χ1) is 9.19. The maximum absolute atomic E-state index is 5.29. The van der Waals surface area contributed by atoms with E-state index in [4.69, 9.17) is 4.74 Å². The zero-order valence-corrected chi connectivity index (χ0v) is 12.4. The number of hydrogen-bond donors (Lipinski definition) is 2. The number of hydrogen-bond acceptors (Lipinski definition) is 3. The van der Waals surface area contributed by atoms with Crippen LogP contribution in [0.5, 0.6) is 5.75 Å². The van der Waals surface area contributed by atoms with Crippen LogP contribution in [0.25, 0.3) is 0 Å². The molecule has 0 spiro atoms. The summed E-state index contributed by atoms with van der Waals surface area (Å²) < 4.78 is 5.29. The highest BCUT2D eigenvalue weighted by Gasteiger charge is 2.35. The lowest BCUT2D eigenvalue weighted by Crippen LogP contribution is -2.46. The molecule has 2 rings (SSSR count). The van der Waals surface area contributed by atoms with E-state index in [9.17, 15) is 0 Å². The summed E-state index contributed by atoms with van der Waals surface area (Å²) in [5, 5.41) is 6.94. The van der Waals surface area contributed by atoms with E-state index in [1.54, 1.807) is 7.11 Å². The molecule has 0 amide bonds. The topological polar surface area (TPSA) is 33.3 Å². The Balaban J connectivity index is 1.83. The van der Waals surface area contributed by atoms with Gasteiger partial charge in [-0.05, 0) is 49.4 Å². The average molecular weight is 262 g/mol. The quantitative estimate of drug-likeness (QED) is 0.792. The molecule has 2 N–H and O–H groups in total. The molecule has 0 saturated heterocycles. The number of rotatable bonds is 7. The third-order valence-corrected chi connectivity index (χ3v) is 4.25. The molecule has 0 atom stereocenters. The van der Waals surface area contributed by atoms with Crippen LogP contribution in [0.15, 0.2) is 18.2 Å². The minimum atomic E-state index is 0.496. The third-order valence-electron chi connectivity index (χ3n) is 4.25. The predicted octanol–water partition coefficient (Wildman–Crippen LogP) is 2.48. The molecule has 0 unspecified atom stereocenters. The molecule has 1 saturated carbocycles. The number of nitrogens with one attached hydrogen (secondary N) is 2. The van der Waals surface area contributed by atoms with Gasteiger partial charge in [-0.25, -0.2) is 0 Å². The van der Waals surface area contributed by atoms with E-state index < -0.39 is 0 Å². The first-order valence-corrected chi connectivity index (χ1v) is 7.18. The predicted molar refractivity (Wildman–Crippen MR) is 79.6 cm³/mol. The summed E-state index contributed by atoms with van der Waals surface area (Å²) >= 11 is 0. The molecule has 3 heteroatoms. The van der Waals surface area contributed by atoms with Gasteiger partial charge in [0.05, 0.1) is 7.11 Å². The highest BCUT2D eigenvalue weighted by atomic mass is 16.5. The van der Waals surface area contributed by atoms with E-state index in [1.165, 1.54) is 30.4 Å². The molecule has 1 aromatic rings. The molecule has 19 heavy (non-hydrogen) atoms. The van der Waals surface area contributed by atoms with Crippen molar-refractivity contribution in [3.63, 3.8) is 0 Å². The van der Waals surface area contributed by atoms with Crippen LogP contribution in [-0.2, 0) is 6.54 Å². The van der Waals surface area contributed by atoms with E-state index >= 15 is 0 Å². The first kappa shape index (κ1) is 14.4. The van der Waals surface area contributed by atoms with Gasteiger partial charge in [0, 0.05) is 19.6 Å². The number of aryl methyl sites for hydroxylation is 1. The van der Waals surface area contributed by atoms with Crippen molar-refractivity contribution in [3.8, 4) is 5.75 Å². The largest absolute Gasteiger partial charge is 0.496 e. The van der Waals surface area contributed by atoms with Crippen molar-refractivity contribution in [2.75, 3.05) is 27.2 Å². The molecule has 1 fully saturated rings. The van der Waals surface area contributed by atoms with Crippen LogP contribution in [0, 0.1) is 12.3 Å². The average Bonchev–Trinajstić information content (AvgIpc) is 2.36. The molecular weight excluding hydrogens is 236 g/mol. The number of methoxy groups -OCH3 is 1. The maximum Gasteiger partial charge on any atom is 0.121 e. The van der Waals surface area contributed by atoms with Gasteiger partial charge in [0.15, 0.2) is 0 Å². The van der Waals surface area contributed by atoms with E-state index in [1.807, 2.05) is 7.05 Å². The lowest BCUT2D eigenvalue weighted by atomic mass is 9.68. The van der Waals surface area contributed by atoms with E-state index in [0.29, 0.717) is 5.41 Å². The van der Waals surface area contributed by atoms with Crippen LogP contribution >= 0.6 is 0 Å². The highest BCUT2D eigenvalue weighted by molar-refractivity contribution is 5.36. The van der Waals surface area contributed by atoms with Crippen molar-refractivity contribution in [1.29, 1.82) is 0 Å². The summed E-state index contributed by atoms with van der Waals surface area (Å²) in [6.45, 7) is 5.27. The zero-order chi connectivity index (χ0) is 13.7. The molecule has 3 nitrogen and oxygen atoms in total. The molecule has 106 valence electrons. The monoisotopic (exact) mass is 262 g/mol. The van der Waals surface area contributed by atoms with Gasteiger partial charge in [-0.15, -0.1) is 0 Å². The summed E-state index contributed by atoms with van der Waals surface area (Å²) in [7, 11) is 3.77. The Morgan fingerprint density at radius 1 is 1.26 bits per heavy atom. The van der Waals surface area contributed by atoms with Crippen LogP contribution in [0.2, 0.25) is 0 Å². The molecular formula is C16H26N2O. The van der Waals surface area contributed by atoms with Crippen LogP contribution in [0.1, 0.15) is 30.4 Å². The standard InChI is InChI=1S/C16H26N2O/c1-13-9-14(5-6-15(13)19-3)10-18-12-16(11-17-2)7-4-8-16/h5-6,9,17-18H,4,7-8,10-12H2,1-3H3. The molecule has 0 bridgehead atoms. The lowest BCUT2D eigenvalue weighted by Gasteiger charge is -2.42. The Kier molecular flexibility index (Phi) is 4.83. The van der Waals surface area contributed by atoms with Crippen LogP contribution in [0.4, 0.5) is 0 Å². The van der Waals surface area contributed by atoms with Crippen LogP contribution < -0.4 is 15.4 Å². The Morgan fingerprint density at radius 3 is 2.58 bits per heavy atom. The van der Waals surface area contributed by atoms with Crippen molar-refractivity contribution in [1.82, 2.24) is 10.6 Å². The third kappa shape index (κ3) is 3.48. The lowest BCUT2D eigenvalue weighted by molar-refractivity contribution is 0.130. The van der Waals surface area contributed by atoms with Gasteiger partial charge < -0.3 is 15.4 Å². The summed E-state index contributed by atoms with van der Waals surface area (Å²) in [6.07, 6.45) is 4.08. The van der Waals surface area contributed by atoms with Gasteiger partial charge in [-0.2, -0.15) is 0 Å². The summed E-state index contributed by atoms with van der Waals surface area (Å²) in [5.41, 5.74) is 3.03. The van der Waals surface area contributed by atoms with Crippen LogP contribution in [0.3, 0.4) is 0 Å². The fourth-order valence-corrected chi connectivity index (χ4v) is 2.99. The summed E-state index contributed by atoms with van der Waals surface area (Å²) in [5.74, 6) is 0.967. The van der Waals surface area contributed by atoms with Gasteiger partial charge in [0.1, 0.15) is 5.75 Å². The van der Waals surface area contributed by atoms with Gasteiger partial charge >= 0.3 is 0 Å². The Morgan fingerprint density at radius 2 is 2.05 bits per heavy atom. The van der Waals surface area contributed by atoms with Gasteiger partial charge in [0.25, 0.3) is 0 Å². The summed E-state index contributed by atoms with van der Waals surface area (Å²) in [4.78, 5) is 0. The second-order valence-electron chi connectivity index (χ2n) is 5.79. The van der Waals surface area contributed by atoms with Gasteiger partial charge in [-0.3, -0.25) is 0 Å². The van der Waals surface area contributed by atoms with Gasteiger partial charge in [-0.1, -0.05) is 18.6 Å². The van der Waals surface area contributed by atoms with Crippen molar-refractivity contribution in [3.05, 3.63) is 29.3 Å². The first-order valence-electron chi connectivity index (χ1n) is 7.18. The Bertz CT molecular complexity index is 413. The molecule has 1 aromatic carbocycles. The molecule has 0 radical (unpaired) electrons. The van der Waals surface area contributed by atoms with Crippen molar-refractivity contribution >= 4 is 0 Å². The van der Waals surface area contributed by atoms with Crippen LogP contribution in [-0.4, -0.2) is 27.2 Å². The SMILES string of the molecule is CNCC1(CNCc2ccc(OC)c(C)c2)CCC1. The van der Waals surface area contributed by atoms with Crippen molar-refractivity contribution in [2.45, 2.75) is 32.7 Å². The van der Waals surface area contributed by atoms with Crippen molar-refractivity contribution < 1.29 is 4.74 Å². The minimum absolute atomic E-state index is 0.496. The van der Waals surface area contributed by atoms with Gasteiger partial charge in [0.2, 0.25) is 0 Å². The second-order valence-corrected chi connectivity index (χ2v) is 5.79. The zero-order valence-electron chi connectivity index (χ0n) is 12.4. The highest BCUT2D eigenvalue weighted by Crippen LogP contribution is 2.39. The molecule has 1 aliphatic rings. The smallest absolute Gasteiger partial charge is 0.121 e.